The van der Waals surface area contributed by atoms with Crippen LogP contribution >= 0.6 is 0 Å². The topological polar surface area (TPSA) is 73.2 Å². The maximum atomic E-state index is 11.7. The lowest BCUT2D eigenvalue weighted by atomic mass is 10.3. The summed E-state index contributed by atoms with van der Waals surface area (Å²) in [4.78, 5) is 22.2. The number of rotatable bonds is 5. The van der Waals surface area contributed by atoms with Gasteiger partial charge in [0.15, 0.2) is 6.29 Å². The Morgan fingerprint density at radius 3 is 2.68 bits per heavy atom. The van der Waals surface area contributed by atoms with E-state index in [0.717, 1.165) is 5.75 Å². The van der Waals surface area contributed by atoms with Crippen LogP contribution in [0.4, 0.5) is 5.69 Å². The quantitative estimate of drug-likeness (QED) is 0.822. The average molecular weight is 259 g/mol. The number of carbonyl (C=O) groups excluding carboxylic acids is 2. The predicted molar refractivity (Wildman–Crippen MR) is 69.2 cm³/mol. The molecule has 19 heavy (non-hydrogen) atoms. The fraction of sp³-hybridized carbons (Fsp3) is 0.154. The van der Waals surface area contributed by atoms with Gasteiger partial charge in [-0.3, -0.25) is 14.3 Å². The number of nitrogens with zero attached hydrogens (tertiary/aromatic N) is 2. The first kappa shape index (κ1) is 12.8. The largest absolute Gasteiger partial charge is 0.497 e. The van der Waals surface area contributed by atoms with Gasteiger partial charge in [-0.25, -0.2) is 0 Å². The molecule has 0 spiro atoms. The van der Waals surface area contributed by atoms with E-state index in [-0.39, 0.29) is 12.5 Å². The molecule has 0 atom stereocenters. The third-order valence-electron chi connectivity index (χ3n) is 2.46. The molecule has 0 aliphatic rings. The molecule has 1 N–H and O–H groups in total. The van der Waals surface area contributed by atoms with Gasteiger partial charge in [0.25, 0.3) is 0 Å². The van der Waals surface area contributed by atoms with E-state index >= 15 is 0 Å². The van der Waals surface area contributed by atoms with Gasteiger partial charge in [-0.15, -0.1) is 0 Å². The molecule has 0 saturated heterocycles. The number of anilines is 1. The van der Waals surface area contributed by atoms with Crippen LogP contribution in [-0.4, -0.2) is 29.1 Å². The lowest BCUT2D eigenvalue weighted by Gasteiger charge is -2.06. The third-order valence-corrected chi connectivity index (χ3v) is 2.46. The first-order valence-corrected chi connectivity index (χ1v) is 5.64. The summed E-state index contributed by atoms with van der Waals surface area (Å²) in [5.41, 5.74) is 0.978. The number of hydrogen-bond donors (Lipinski definition) is 1. The molecule has 0 radical (unpaired) electrons. The molecule has 6 nitrogen and oxygen atoms in total. The lowest BCUT2D eigenvalue weighted by molar-refractivity contribution is -0.116. The van der Waals surface area contributed by atoms with Gasteiger partial charge in [-0.1, -0.05) is 0 Å². The van der Waals surface area contributed by atoms with Crippen molar-refractivity contribution in [1.29, 1.82) is 0 Å². The van der Waals surface area contributed by atoms with Crippen molar-refractivity contribution in [3.05, 3.63) is 42.2 Å². The summed E-state index contributed by atoms with van der Waals surface area (Å²) in [7, 11) is 1.58. The summed E-state index contributed by atoms with van der Waals surface area (Å²) in [6.07, 6.45) is 2.22. The van der Waals surface area contributed by atoms with Crippen LogP contribution in [0.25, 0.3) is 0 Å². The minimum Gasteiger partial charge on any atom is -0.497 e. The first-order chi connectivity index (χ1) is 9.21. The van der Waals surface area contributed by atoms with E-state index in [1.165, 1.54) is 4.68 Å². The molecular formula is C13H13N3O3. The number of nitrogens with one attached hydrogen (secondary N) is 1. The number of ether oxygens (including phenoxy) is 1. The molecule has 98 valence electrons. The van der Waals surface area contributed by atoms with E-state index < -0.39 is 0 Å². The lowest BCUT2D eigenvalue weighted by Crippen LogP contribution is -2.19. The second-order valence-corrected chi connectivity index (χ2v) is 3.83. The summed E-state index contributed by atoms with van der Waals surface area (Å²) >= 11 is 0. The SMILES string of the molecule is COc1ccc(NC(=O)Cn2ccc(C=O)n2)cc1. The Hall–Kier alpha value is -2.63. The Bertz CT molecular complexity index is 575. The van der Waals surface area contributed by atoms with Gasteiger partial charge in [-0.05, 0) is 30.3 Å². The van der Waals surface area contributed by atoms with Gasteiger partial charge in [0.2, 0.25) is 5.91 Å². The number of methoxy groups -OCH3 is 1. The normalized spacial score (nSPS) is 9.95. The molecule has 0 saturated carbocycles. The van der Waals surface area contributed by atoms with E-state index in [9.17, 15) is 9.59 Å². The van der Waals surface area contributed by atoms with Crippen LogP contribution in [0.3, 0.4) is 0 Å². The van der Waals surface area contributed by atoms with Crippen molar-refractivity contribution < 1.29 is 14.3 Å². The second kappa shape index (κ2) is 5.81. The summed E-state index contributed by atoms with van der Waals surface area (Å²) < 4.78 is 6.43. The molecule has 2 rings (SSSR count). The van der Waals surface area contributed by atoms with E-state index in [4.69, 9.17) is 4.74 Å². The molecule has 6 heteroatoms. The van der Waals surface area contributed by atoms with Crippen LogP contribution < -0.4 is 10.1 Å². The Kier molecular flexibility index (Phi) is 3.92. The van der Waals surface area contributed by atoms with Gasteiger partial charge in [0.05, 0.1) is 7.11 Å². The van der Waals surface area contributed by atoms with Crippen molar-refractivity contribution >= 4 is 17.9 Å². The second-order valence-electron chi connectivity index (χ2n) is 3.83. The van der Waals surface area contributed by atoms with Crippen molar-refractivity contribution in [3.63, 3.8) is 0 Å². The van der Waals surface area contributed by atoms with Crippen LogP contribution in [0, 0.1) is 0 Å². The molecule has 0 aliphatic heterocycles. The molecular weight excluding hydrogens is 246 g/mol. The smallest absolute Gasteiger partial charge is 0.246 e. The van der Waals surface area contributed by atoms with Crippen LogP contribution in [0.5, 0.6) is 5.75 Å². The van der Waals surface area contributed by atoms with Gasteiger partial charge in [0, 0.05) is 11.9 Å². The predicted octanol–water partition coefficient (Wildman–Crippen LogP) is 1.34. The number of amides is 1. The van der Waals surface area contributed by atoms with Crippen molar-refractivity contribution in [1.82, 2.24) is 9.78 Å². The Morgan fingerprint density at radius 1 is 1.37 bits per heavy atom. The Balaban J connectivity index is 1.94. The fourth-order valence-electron chi connectivity index (χ4n) is 1.55. The van der Waals surface area contributed by atoms with Crippen LogP contribution in [0.1, 0.15) is 10.5 Å². The maximum Gasteiger partial charge on any atom is 0.246 e. The van der Waals surface area contributed by atoms with E-state index in [1.54, 1.807) is 43.6 Å². The standard InChI is InChI=1S/C13H13N3O3/c1-19-12-4-2-10(3-5-12)14-13(18)8-16-7-6-11(9-17)15-16/h2-7,9H,8H2,1H3,(H,14,18). The fourth-order valence-corrected chi connectivity index (χ4v) is 1.55. The highest BCUT2D eigenvalue weighted by Gasteiger charge is 2.05. The zero-order chi connectivity index (χ0) is 13.7. The molecule has 1 aromatic carbocycles. The number of benzene rings is 1. The number of hydrogen-bond acceptors (Lipinski definition) is 4. The Morgan fingerprint density at radius 2 is 2.11 bits per heavy atom. The molecule has 0 aliphatic carbocycles. The zero-order valence-corrected chi connectivity index (χ0v) is 10.4. The summed E-state index contributed by atoms with van der Waals surface area (Å²) in [5.74, 6) is 0.506. The van der Waals surface area contributed by atoms with E-state index in [0.29, 0.717) is 17.7 Å². The van der Waals surface area contributed by atoms with Crippen LogP contribution in [0.15, 0.2) is 36.5 Å². The van der Waals surface area contributed by atoms with Crippen molar-refractivity contribution in [2.45, 2.75) is 6.54 Å². The first-order valence-electron chi connectivity index (χ1n) is 5.64. The highest BCUT2D eigenvalue weighted by molar-refractivity contribution is 5.90. The number of aldehydes is 1. The molecule has 1 amide bonds. The van der Waals surface area contributed by atoms with Crippen molar-refractivity contribution in [3.8, 4) is 5.75 Å². The summed E-state index contributed by atoms with van der Waals surface area (Å²) in [5, 5.41) is 6.63. The molecule has 0 fully saturated rings. The molecule has 0 unspecified atom stereocenters. The molecule has 2 aromatic rings. The van der Waals surface area contributed by atoms with Crippen LogP contribution in [0.2, 0.25) is 0 Å². The average Bonchev–Trinajstić information content (AvgIpc) is 2.87. The highest BCUT2D eigenvalue weighted by Crippen LogP contribution is 2.14. The van der Waals surface area contributed by atoms with Gasteiger partial charge in [0.1, 0.15) is 18.0 Å². The highest BCUT2D eigenvalue weighted by atomic mass is 16.5. The van der Waals surface area contributed by atoms with Crippen molar-refractivity contribution in [2.75, 3.05) is 12.4 Å². The monoisotopic (exact) mass is 259 g/mol. The maximum absolute atomic E-state index is 11.7. The summed E-state index contributed by atoms with van der Waals surface area (Å²) in [6.45, 7) is 0.0554. The van der Waals surface area contributed by atoms with Crippen molar-refractivity contribution in [2.24, 2.45) is 0 Å². The van der Waals surface area contributed by atoms with E-state index in [1.807, 2.05) is 0 Å². The number of carbonyl (C=O) groups is 2. The van der Waals surface area contributed by atoms with Gasteiger partial charge in [-0.2, -0.15) is 5.10 Å². The van der Waals surface area contributed by atoms with Gasteiger partial charge >= 0.3 is 0 Å². The third kappa shape index (κ3) is 3.41. The number of aromatic nitrogens is 2. The van der Waals surface area contributed by atoms with Crippen LogP contribution in [-0.2, 0) is 11.3 Å². The summed E-state index contributed by atoms with van der Waals surface area (Å²) in [6, 6.07) is 8.56. The van der Waals surface area contributed by atoms with E-state index in [2.05, 4.69) is 10.4 Å². The minimum absolute atomic E-state index is 0.0554. The Labute approximate surface area is 110 Å². The van der Waals surface area contributed by atoms with Gasteiger partial charge < -0.3 is 10.1 Å². The minimum atomic E-state index is -0.217. The molecule has 0 bridgehead atoms. The molecule has 1 aromatic heterocycles. The molecule has 1 heterocycles. The zero-order valence-electron chi connectivity index (χ0n) is 10.4.